The Hall–Kier alpha value is -1.61. The van der Waals surface area contributed by atoms with Crippen molar-refractivity contribution in [1.29, 1.82) is 0 Å². The summed E-state index contributed by atoms with van der Waals surface area (Å²) in [6.07, 6.45) is 3.12. The monoisotopic (exact) mass is 274 g/mol. The van der Waals surface area contributed by atoms with Crippen molar-refractivity contribution in [3.05, 3.63) is 40.7 Å². The van der Waals surface area contributed by atoms with Gasteiger partial charge in [-0.2, -0.15) is 0 Å². The van der Waals surface area contributed by atoms with Gasteiger partial charge in [-0.25, -0.2) is 9.97 Å². The van der Waals surface area contributed by atoms with E-state index in [2.05, 4.69) is 9.97 Å². The molecule has 2 aromatic rings. The molecule has 0 radical (unpaired) electrons. The summed E-state index contributed by atoms with van der Waals surface area (Å²) in [5.41, 5.74) is 3.19. The van der Waals surface area contributed by atoms with Crippen LogP contribution in [0.1, 0.15) is 24.6 Å². The number of nitrogens with zero attached hydrogens (tertiary/aromatic N) is 2. The summed E-state index contributed by atoms with van der Waals surface area (Å²) < 4.78 is 5.43. The minimum absolute atomic E-state index is 0.603. The van der Waals surface area contributed by atoms with Crippen molar-refractivity contribution in [2.45, 2.75) is 26.2 Å². The molecular weight excluding hydrogens is 260 g/mol. The fourth-order valence-electron chi connectivity index (χ4n) is 2.38. The number of hydrogen-bond acceptors (Lipinski definition) is 3. The molecule has 0 atom stereocenters. The zero-order valence-corrected chi connectivity index (χ0v) is 11.6. The van der Waals surface area contributed by atoms with Crippen LogP contribution in [0.15, 0.2) is 24.3 Å². The van der Waals surface area contributed by atoms with Gasteiger partial charge in [0.25, 0.3) is 0 Å². The summed E-state index contributed by atoms with van der Waals surface area (Å²) >= 11 is 6.23. The van der Waals surface area contributed by atoms with Crippen molar-refractivity contribution in [2.24, 2.45) is 0 Å². The van der Waals surface area contributed by atoms with Crippen LogP contribution in [0.25, 0.3) is 11.4 Å². The van der Waals surface area contributed by atoms with Crippen molar-refractivity contribution in [3.63, 3.8) is 0 Å². The van der Waals surface area contributed by atoms with Crippen molar-refractivity contribution < 1.29 is 4.74 Å². The van der Waals surface area contributed by atoms with Crippen LogP contribution in [0.5, 0.6) is 5.75 Å². The van der Waals surface area contributed by atoms with E-state index in [-0.39, 0.29) is 0 Å². The lowest BCUT2D eigenvalue weighted by Crippen LogP contribution is -1.97. The first-order chi connectivity index (χ1) is 9.28. The van der Waals surface area contributed by atoms with E-state index >= 15 is 0 Å². The van der Waals surface area contributed by atoms with Gasteiger partial charge in [-0.15, -0.1) is 0 Å². The zero-order valence-electron chi connectivity index (χ0n) is 10.8. The molecule has 3 rings (SSSR count). The number of aromatic nitrogens is 2. The summed E-state index contributed by atoms with van der Waals surface area (Å²) in [4.78, 5) is 9.03. The first kappa shape index (κ1) is 12.4. The van der Waals surface area contributed by atoms with Crippen molar-refractivity contribution >= 4 is 11.6 Å². The van der Waals surface area contributed by atoms with Gasteiger partial charge >= 0.3 is 0 Å². The van der Waals surface area contributed by atoms with E-state index in [1.54, 1.807) is 0 Å². The van der Waals surface area contributed by atoms with Crippen LogP contribution in [-0.2, 0) is 12.8 Å². The average molecular weight is 275 g/mol. The van der Waals surface area contributed by atoms with Crippen LogP contribution < -0.4 is 4.74 Å². The Bertz CT molecular complexity index is 596. The van der Waals surface area contributed by atoms with Gasteiger partial charge in [0.15, 0.2) is 5.82 Å². The molecule has 0 bridgehead atoms. The minimum atomic E-state index is 0.603. The van der Waals surface area contributed by atoms with Gasteiger partial charge < -0.3 is 4.74 Å². The Morgan fingerprint density at radius 2 is 1.95 bits per heavy atom. The molecule has 19 heavy (non-hydrogen) atoms. The smallest absolute Gasteiger partial charge is 0.161 e. The fourth-order valence-corrected chi connectivity index (χ4v) is 2.67. The maximum absolute atomic E-state index is 6.23. The summed E-state index contributed by atoms with van der Waals surface area (Å²) in [7, 11) is 0. The highest BCUT2D eigenvalue weighted by Gasteiger charge is 2.18. The van der Waals surface area contributed by atoms with E-state index in [9.17, 15) is 0 Å². The largest absolute Gasteiger partial charge is 0.494 e. The number of fused-ring (bicyclic) bond motifs is 1. The molecule has 0 amide bonds. The lowest BCUT2D eigenvalue weighted by molar-refractivity contribution is 0.340. The van der Waals surface area contributed by atoms with Crippen molar-refractivity contribution in [3.8, 4) is 17.1 Å². The lowest BCUT2D eigenvalue weighted by atomic mass is 10.2. The fraction of sp³-hybridized carbons (Fsp3) is 0.333. The normalized spacial score (nSPS) is 13.4. The molecule has 3 nitrogen and oxygen atoms in total. The Labute approximate surface area is 117 Å². The van der Waals surface area contributed by atoms with E-state index in [4.69, 9.17) is 16.3 Å². The molecule has 0 N–H and O–H groups in total. The summed E-state index contributed by atoms with van der Waals surface area (Å²) in [5, 5.41) is 0.603. The second kappa shape index (κ2) is 5.17. The Balaban J connectivity index is 1.96. The lowest BCUT2D eigenvalue weighted by Gasteiger charge is -2.07. The van der Waals surface area contributed by atoms with Gasteiger partial charge in [0.1, 0.15) is 10.9 Å². The number of ether oxygens (including phenoxy) is 1. The first-order valence-corrected chi connectivity index (χ1v) is 6.94. The van der Waals surface area contributed by atoms with Gasteiger partial charge in [-0.3, -0.25) is 0 Å². The van der Waals surface area contributed by atoms with Crippen molar-refractivity contribution in [2.75, 3.05) is 6.61 Å². The van der Waals surface area contributed by atoms with Crippen LogP contribution in [0.2, 0.25) is 5.15 Å². The molecule has 0 saturated heterocycles. The van der Waals surface area contributed by atoms with Crippen LogP contribution >= 0.6 is 11.6 Å². The first-order valence-electron chi connectivity index (χ1n) is 6.56. The van der Waals surface area contributed by atoms with Gasteiger partial charge in [0, 0.05) is 16.8 Å². The number of rotatable bonds is 3. The Morgan fingerprint density at radius 1 is 1.16 bits per heavy atom. The molecule has 1 aliphatic carbocycles. The van der Waals surface area contributed by atoms with E-state index in [0.29, 0.717) is 17.6 Å². The zero-order chi connectivity index (χ0) is 13.2. The standard InChI is InChI=1S/C15H15ClN2O/c1-2-19-11-8-6-10(7-9-11)15-17-13-5-3-4-12(13)14(16)18-15/h6-9H,2-5H2,1H3. The van der Waals surface area contributed by atoms with Gasteiger partial charge in [0.2, 0.25) is 0 Å². The van der Waals surface area contributed by atoms with Crippen LogP contribution in [0.3, 0.4) is 0 Å². The van der Waals surface area contributed by atoms with E-state index in [1.807, 2.05) is 31.2 Å². The highest BCUT2D eigenvalue weighted by atomic mass is 35.5. The number of aryl methyl sites for hydroxylation is 1. The average Bonchev–Trinajstić information content (AvgIpc) is 2.89. The van der Waals surface area contributed by atoms with E-state index in [1.165, 1.54) is 0 Å². The molecule has 0 unspecified atom stereocenters. The summed E-state index contributed by atoms with van der Waals surface area (Å²) in [6.45, 7) is 2.64. The highest BCUT2D eigenvalue weighted by molar-refractivity contribution is 6.30. The van der Waals surface area contributed by atoms with Crippen molar-refractivity contribution in [1.82, 2.24) is 9.97 Å². The molecule has 98 valence electrons. The maximum Gasteiger partial charge on any atom is 0.161 e. The molecule has 0 aliphatic heterocycles. The second-order valence-corrected chi connectivity index (χ2v) is 4.93. The molecule has 1 heterocycles. The quantitative estimate of drug-likeness (QED) is 0.801. The second-order valence-electron chi connectivity index (χ2n) is 4.57. The Kier molecular flexibility index (Phi) is 3.38. The topological polar surface area (TPSA) is 35.0 Å². The maximum atomic E-state index is 6.23. The van der Waals surface area contributed by atoms with Gasteiger partial charge in [0.05, 0.1) is 6.61 Å². The molecule has 0 fully saturated rings. The van der Waals surface area contributed by atoms with E-state index < -0.39 is 0 Å². The molecule has 1 aromatic carbocycles. The summed E-state index contributed by atoms with van der Waals surface area (Å²) in [5.74, 6) is 1.56. The minimum Gasteiger partial charge on any atom is -0.494 e. The third-order valence-corrected chi connectivity index (χ3v) is 3.62. The predicted molar refractivity (Wildman–Crippen MR) is 75.7 cm³/mol. The van der Waals surface area contributed by atoms with E-state index in [0.717, 1.165) is 41.8 Å². The number of benzene rings is 1. The molecule has 1 aromatic heterocycles. The Morgan fingerprint density at radius 3 is 2.68 bits per heavy atom. The van der Waals surface area contributed by atoms with Crippen LogP contribution in [0, 0.1) is 0 Å². The van der Waals surface area contributed by atoms with Crippen LogP contribution in [-0.4, -0.2) is 16.6 Å². The SMILES string of the molecule is CCOc1ccc(-c2nc(Cl)c3c(n2)CCC3)cc1. The highest BCUT2D eigenvalue weighted by Crippen LogP contribution is 2.29. The molecule has 4 heteroatoms. The number of hydrogen-bond donors (Lipinski definition) is 0. The van der Waals surface area contributed by atoms with Gasteiger partial charge in [-0.05, 0) is 50.5 Å². The molecular formula is C15H15ClN2O. The predicted octanol–water partition coefficient (Wildman–Crippen LogP) is 3.68. The third-order valence-electron chi connectivity index (χ3n) is 3.31. The molecule has 1 aliphatic rings. The molecule has 0 saturated carbocycles. The number of halogens is 1. The summed E-state index contributed by atoms with van der Waals surface area (Å²) in [6, 6.07) is 7.81. The van der Waals surface area contributed by atoms with Crippen LogP contribution in [0.4, 0.5) is 0 Å². The third kappa shape index (κ3) is 2.43. The molecule has 0 spiro atoms. The van der Waals surface area contributed by atoms with Gasteiger partial charge in [-0.1, -0.05) is 11.6 Å².